The first-order valence-corrected chi connectivity index (χ1v) is 7.05. The minimum Gasteiger partial charge on any atom is -0.347 e. The number of carbonyl (C=O) groups excluding carboxylic acids is 3. The Bertz CT molecular complexity index is 563. The third-order valence-corrected chi connectivity index (χ3v) is 3.75. The second kappa shape index (κ2) is 6.08. The van der Waals surface area contributed by atoms with Crippen LogP contribution in [-0.2, 0) is 9.59 Å². The number of likely N-dealkylation sites (N-methyl/N-ethyl adjacent to an activating group) is 1. The van der Waals surface area contributed by atoms with Gasteiger partial charge in [-0.25, -0.2) is 0 Å². The lowest BCUT2D eigenvalue weighted by atomic mass is 10.1. The fraction of sp³-hybridized carbons (Fsp3) is 0.438. The quantitative estimate of drug-likeness (QED) is 0.621. The first kappa shape index (κ1) is 15.2. The molecule has 1 heterocycles. The summed E-state index contributed by atoms with van der Waals surface area (Å²) in [5.74, 6) is -1.26. The van der Waals surface area contributed by atoms with Crippen molar-refractivity contribution in [2.24, 2.45) is 0 Å². The van der Waals surface area contributed by atoms with Gasteiger partial charge in [-0.2, -0.15) is 0 Å². The van der Waals surface area contributed by atoms with Crippen molar-refractivity contribution in [1.29, 1.82) is 0 Å². The van der Waals surface area contributed by atoms with Crippen molar-refractivity contribution in [3.05, 3.63) is 35.4 Å². The predicted molar refractivity (Wildman–Crippen MR) is 78.9 cm³/mol. The van der Waals surface area contributed by atoms with E-state index in [4.69, 9.17) is 0 Å². The fourth-order valence-corrected chi connectivity index (χ4v) is 2.52. The van der Waals surface area contributed by atoms with E-state index in [1.807, 2.05) is 6.92 Å². The second-order valence-electron chi connectivity index (χ2n) is 5.58. The highest BCUT2D eigenvalue weighted by Crippen LogP contribution is 2.20. The Morgan fingerprint density at radius 3 is 2.33 bits per heavy atom. The predicted octanol–water partition coefficient (Wildman–Crippen LogP) is 1.26. The molecule has 0 spiro atoms. The topological polar surface area (TPSA) is 57.7 Å². The lowest BCUT2D eigenvalue weighted by molar-refractivity contribution is -0.139. The zero-order valence-corrected chi connectivity index (χ0v) is 12.6. The number of likely N-dealkylation sites (tertiary alicyclic amines) is 1. The number of hydrogen-bond acceptors (Lipinski definition) is 3. The Kier molecular flexibility index (Phi) is 4.40. The summed E-state index contributed by atoms with van der Waals surface area (Å²) in [5, 5.41) is 0. The molecule has 5 nitrogen and oxygen atoms in total. The van der Waals surface area contributed by atoms with Crippen molar-refractivity contribution in [3.8, 4) is 0 Å². The summed E-state index contributed by atoms with van der Waals surface area (Å²) in [5.41, 5.74) is 1.40. The molecule has 0 radical (unpaired) electrons. The molecule has 0 aliphatic carbocycles. The lowest BCUT2D eigenvalue weighted by Gasteiger charge is -2.25. The molecule has 21 heavy (non-hydrogen) atoms. The Balaban J connectivity index is 2.16. The van der Waals surface area contributed by atoms with Gasteiger partial charge in [0.05, 0.1) is 0 Å². The number of nitrogens with zero attached hydrogens (tertiary/aromatic N) is 2. The minimum absolute atomic E-state index is 0.127. The van der Waals surface area contributed by atoms with E-state index in [0.717, 1.165) is 12.0 Å². The normalized spacial score (nSPS) is 17.7. The summed E-state index contributed by atoms with van der Waals surface area (Å²) >= 11 is 0. The molecule has 2 amide bonds. The number of ketones is 1. The zero-order chi connectivity index (χ0) is 15.6. The van der Waals surface area contributed by atoms with Crippen molar-refractivity contribution in [1.82, 2.24) is 9.80 Å². The van der Waals surface area contributed by atoms with Gasteiger partial charge in [-0.3, -0.25) is 14.4 Å². The molecule has 5 heteroatoms. The third-order valence-electron chi connectivity index (χ3n) is 3.75. The van der Waals surface area contributed by atoms with Crippen LogP contribution in [0.1, 0.15) is 28.8 Å². The van der Waals surface area contributed by atoms with Gasteiger partial charge in [0.25, 0.3) is 5.91 Å². The van der Waals surface area contributed by atoms with Crippen LogP contribution < -0.4 is 0 Å². The molecule has 1 unspecified atom stereocenters. The Labute approximate surface area is 124 Å². The standard InChI is InChI=1S/C16H20N2O3/c1-11-6-8-12(9-7-11)14(19)16(21)18-10-4-5-13(18)15(20)17(2)3/h6-9,13H,4-5,10H2,1-3H3. The average molecular weight is 288 g/mol. The van der Waals surface area contributed by atoms with Crippen molar-refractivity contribution in [3.63, 3.8) is 0 Å². The van der Waals surface area contributed by atoms with Crippen LogP contribution in [-0.4, -0.2) is 54.1 Å². The smallest absolute Gasteiger partial charge is 0.295 e. The molecule has 1 aromatic rings. The van der Waals surface area contributed by atoms with Crippen LogP contribution in [0.4, 0.5) is 0 Å². The number of Topliss-reactive ketones (excluding diaryl/α,β-unsaturated/α-hetero) is 1. The van der Waals surface area contributed by atoms with E-state index in [0.29, 0.717) is 18.5 Å². The zero-order valence-electron chi connectivity index (χ0n) is 12.6. The summed E-state index contributed by atoms with van der Waals surface area (Å²) in [6, 6.07) is 6.38. The van der Waals surface area contributed by atoms with Gasteiger partial charge < -0.3 is 9.80 Å². The summed E-state index contributed by atoms with van der Waals surface area (Å²) in [6.07, 6.45) is 1.36. The highest BCUT2D eigenvalue weighted by atomic mass is 16.2. The summed E-state index contributed by atoms with van der Waals surface area (Å²) in [4.78, 5) is 39.6. The average Bonchev–Trinajstić information content (AvgIpc) is 2.94. The largest absolute Gasteiger partial charge is 0.347 e. The Morgan fingerprint density at radius 1 is 1.14 bits per heavy atom. The van der Waals surface area contributed by atoms with Crippen molar-refractivity contribution >= 4 is 17.6 Å². The molecule has 1 saturated heterocycles. The number of aryl methyl sites for hydroxylation is 1. The molecule has 1 fully saturated rings. The van der Waals surface area contributed by atoms with Crippen LogP contribution in [0.15, 0.2) is 24.3 Å². The maximum absolute atomic E-state index is 12.4. The molecule has 2 rings (SSSR count). The van der Waals surface area contributed by atoms with E-state index in [-0.39, 0.29) is 5.91 Å². The molecule has 0 N–H and O–H groups in total. The Hall–Kier alpha value is -2.17. The molecule has 0 saturated carbocycles. The highest BCUT2D eigenvalue weighted by molar-refractivity contribution is 6.43. The van der Waals surface area contributed by atoms with Gasteiger partial charge in [-0.15, -0.1) is 0 Å². The van der Waals surface area contributed by atoms with Crippen molar-refractivity contribution < 1.29 is 14.4 Å². The minimum atomic E-state index is -0.587. The summed E-state index contributed by atoms with van der Waals surface area (Å²) < 4.78 is 0. The molecule has 1 atom stereocenters. The van der Waals surface area contributed by atoms with Crippen LogP contribution in [0.25, 0.3) is 0 Å². The maximum atomic E-state index is 12.4. The van der Waals surface area contributed by atoms with E-state index in [9.17, 15) is 14.4 Å². The van der Waals surface area contributed by atoms with Crippen LogP contribution in [0, 0.1) is 6.92 Å². The number of hydrogen-bond donors (Lipinski definition) is 0. The molecule has 1 aliphatic rings. The molecular weight excluding hydrogens is 268 g/mol. The van der Waals surface area contributed by atoms with Crippen LogP contribution in [0.2, 0.25) is 0 Å². The Morgan fingerprint density at radius 2 is 1.76 bits per heavy atom. The third kappa shape index (κ3) is 3.12. The molecular formula is C16H20N2O3. The van der Waals surface area contributed by atoms with Gasteiger partial charge in [0, 0.05) is 26.2 Å². The van der Waals surface area contributed by atoms with Gasteiger partial charge in [-0.05, 0) is 19.8 Å². The van der Waals surface area contributed by atoms with E-state index >= 15 is 0 Å². The van der Waals surface area contributed by atoms with Gasteiger partial charge in [0.2, 0.25) is 11.7 Å². The maximum Gasteiger partial charge on any atom is 0.295 e. The van der Waals surface area contributed by atoms with Gasteiger partial charge in [0.15, 0.2) is 0 Å². The van der Waals surface area contributed by atoms with E-state index in [1.165, 1.54) is 9.80 Å². The van der Waals surface area contributed by atoms with E-state index in [1.54, 1.807) is 38.4 Å². The van der Waals surface area contributed by atoms with E-state index < -0.39 is 17.7 Å². The van der Waals surface area contributed by atoms with Crippen LogP contribution in [0.3, 0.4) is 0 Å². The molecule has 112 valence electrons. The van der Waals surface area contributed by atoms with Crippen molar-refractivity contribution in [2.75, 3.05) is 20.6 Å². The number of amides is 2. The van der Waals surface area contributed by atoms with Gasteiger partial charge >= 0.3 is 0 Å². The first-order valence-electron chi connectivity index (χ1n) is 7.05. The van der Waals surface area contributed by atoms with Gasteiger partial charge in [-0.1, -0.05) is 29.8 Å². The number of benzene rings is 1. The number of carbonyl (C=O) groups is 3. The van der Waals surface area contributed by atoms with E-state index in [2.05, 4.69) is 0 Å². The SMILES string of the molecule is Cc1ccc(C(=O)C(=O)N2CCCC2C(=O)N(C)C)cc1. The second-order valence-corrected chi connectivity index (χ2v) is 5.58. The number of rotatable bonds is 3. The van der Waals surface area contributed by atoms with Crippen LogP contribution in [0.5, 0.6) is 0 Å². The summed E-state index contributed by atoms with van der Waals surface area (Å²) in [7, 11) is 3.32. The monoisotopic (exact) mass is 288 g/mol. The molecule has 1 aromatic carbocycles. The molecule has 0 aromatic heterocycles. The summed E-state index contributed by atoms with van der Waals surface area (Å²) in [6.45, 7) is 2.38. The van der Waals surface area contributed by atoms with Crippen molar-refractivity contribution in [2.45, 2.75) is 25.8 Å². The lowest BCUT2D eigenvalue weighted by Crippen LogP contribution is -2.47. The molecule has 0 bridgehead atoms. The first-order chi connectivity index (χ1) is 9.91. The molecule has 1 aliphatic heterocycles. The fourth-order valence-electron chi connectivity index (χ4n) is 2.52. The van der Waals surface area contributed by atoms with Gasteiger partial charge in [0.1, 0.15) is 6.04 Å². The van der Waals surface area contributed by atoms with Crippen LogP contribution >= 0.6 is 0 Å². The highest BCUT2D eigenvalue weighted by Gasteiger charge is 2.37.